The van der Waals surface area contributed by atoms with Gasteiger partial charge in [0.1, 0.15) is 11.6 Å². The maximum Gasteiger partial charge on any atom is 0.490 e. The Labute approximate surface area is 154 Å². The molecule has 1 fully saturated rings. The molecule has 1 atom stereocenters. The summed E-state index contributed by atoms with van der Waals surface area (Å²) in [6.45, 7) is 4.99. The van der Waals surface area contributed by atoms with E-state index in [4.69, 9.17) is 14.9 Å². The van der Waals surface area contributed by atoms with E-state index in [1.807, 2.05) is 11.9 Å². The number of fused-ring (bicyclic) bond motifs is 1. The lowest BCUT2D eigenvalue weighted by Gasteiger charge is -2.21. The first-order valence-corrected chi connectivity index (χ1v) is 8.47. The minimum absolute atomic E-state index is 0.142. The number of anilines is 1. The molecule has 3 rings (SSSR count). The maximum atomic E-state index is 11.4. The van der Waals surface area contributed by atoms with Gasteiger partial charge in [-0.2, -0.15) is 13.2 Å². The van der Waals surface area contributed by atoms with Gasteiger partial charge in [0.25, 0.3) is 0 Å². The molecule has 0 aliphatic carbocycles. The largest absolute Gasteiger partial charge is 0.490 e. The zero-order valence-electron chi connectivity index (χ0n) is 15.1. The van der Waals surface area contributed by atoms with Gasteiger partial charge in [-0.1, -0.05) is 0 Å². The van der Waals surface area contributed by atoms with Gasteiger partial charge in [-0.3, -0.25) is 4.79 Å². The fourth-order valence-electron chi connectivity index (χ4n) is 3.01. The summed E-state index contributed by atoms with van der Waals surface area (Å²) in [5.41, 5.74) is 2.34. The van der Waals surface area contributed by atoms with Crippen LogP contribution in [0.2, 0.25) is 0 Å². The van der Waals surface area contributed by atoms with E-state index in [1.165, 1.54) is 5.56 Å². The second-order valence-electron chi connectivity index (χ2n) is 6.29. The summed E-state index contributed by atoms with van der Waals surface area (Å²) in [4.78, 5) is 31.7. The summed E-state index contributed by atoms with van der Waals surface area (Å²) >= 11 is 0. The molecule has 11 heteroatoms. The van der Waals surface area contributed by atoms with Crippen molar-refractivity contribution >= 4 is 17.7 Å². The predicted molar refractivity (Wildman–Crippen MR) is 90.3 cm³/mol. The Morgan fingerprint density at radius 2 is 2.00 bits per heavy atom. The third-order valence-electron chi connectivity index (χ3n) is 4.43. The number of hydrogen-bond donors (Lipinski definition) is 3. The third kappa shape index (κ3) is 5.28. The van der Waals surface area contributed by atoms with Crippen molar-refractivity contribution in [2.45, 2.75) is 38.4 Å². The number of amides is 1. The first kappa shape index (κ1) is 20.9. The average Bonchev–Trinajstić information content (AvgIpc) is 3.11. The summed E-state index contributed by atoms with van der Waals surface area (Å²) in [7, 11) is 1.90. The Morgan fingerprint density at radius 3 is 2.52 bits per heavy atom. The number of halogens is 3. The number of likely N-dealkylation sites (tertiary alicyclic amines) is 1. The van der Waals surface area contributed by atoms with E-state index in [0.717, 1.165) is 56.4 Å². The molecule has 0 bridgehead atoms. The molecular weight excluding hydrogens is 367 g/mol. The van der Waals surface area contributed by atoms with Gasteiger partial charge < -0.3 is 20.6 Å². The molecule has 0 aromatic carbocycles. The summed E-state index contributed by atoms with van der Waals surface area (Å²) in [6, 6.07) is 0. The van der Waals surface area contributed by atoms with Crippen molar-refractivity contribution in [1.29, 1.82) is 0 Å². The maximum absolute atomic E-state index is 11.4. The number of alkyl halides is 3. The second-order valence-corrected chi connectivity index (χ2v) is 6.29. The van der Waals surface area contributed by atoms with Crippen molar-refractivity contribution in [2.24, 2.45) is 0 Å². The highest BCUT2D eigenvalue weighted by atomic mass is 19.4. The summed E-state index contributed by atoms with van der Waals surface area (Å²) in [5, 5.41) is 13.7. The SMILES string of the molecule is CNc1nc(C2CCN(C(C)=O)C2)nc2c1CNCC2.O=C(O)C(F)(F)F. The number of nitrogens with zero attached hydrogens (tertiary/aromatic N) is 3. The van der Waals surface area contributed by atoms with Crippen LogP contribution >= 0.6 is 0 Å². The fraction of sp³-hybridized carbons (Fsp3) is 0.625. The molecule has 1 saturated heterocycles. The minimum Gasteiger partial charge on any atom is -0.475 e. The molecule has 27 heavy (non-hydrogen) atoms. The Kier molecular flexibility index (Phi) is 6.58. The summed E-state index contributed by atoms with van der Waals surface area (Å²) in [6.07, 6.45) is -3.18. The fourth-order valence-corrected chi connectivity index (χ4v) is 3.01. The molecule has 2 aliphatic heterocycles. The molecular formula is C16H22F3N5O3. The number of carbonyl (C=O) groups is 2. The lowest BCUT2D eigenvalue weighted by atomic mass is 10.0. The third-order valence-corrected chi connectivity index (χ3v) is 4.43. The van der Waals surface area contributed by atoms with Gasteiger partial charge in [0, 0.05) is 58.1 Å². The van der Waals surface area contributed by atoms with Gasteiger partial charge in [0.15, 0.2) is 0 Å². The normalized spacial score (nSPS) is 19.0. The Hall–Kier alpha value is -2.43. The van der Waals surface area contributed by atoms with E-state index in [0.29, 0.717) is 0 Å². The molecule has 1 aromatic heterocycles. The van der Waals surface area contributed by atoms with Crippen LogP contribution in [-0.2, 0) is 22.6 Å². The van der Waals surface area contributed by atoms with Crippen LogP contribution in [0, 0.1) is 0 Å². The van der Waals surface area contributed by atoms with Gasteiger partial charge >= 0.3 is 12.1 Å². The molecule has 0 spiro atoms. The van der Waals surface area contributed by atoms with E-state index in [9.17, 15) is 18.0 Å². The van der Waals surface area contributed by atoms with Gasteiger partial charge in [-0.25, -0.2) is 14.8 Å². The molecule has 2 aliphatic rings. The van der Waals surface area contributed by atoms with E-state index >= 15 is 0 Å². The highest BCUT2D eigenvalue weighted by Gasteiger charge is 2.38. The second kappa shape index (κ2) is 8.51. The summed E-state index contributed by atoms with van der Waals surface area (Å²) < 4.78 is 31.7. The Bertz CT molecular complexity index is 694. The quantitative estimate of drug-likeness (QED) is 0.696. The molecule has 1 aromatic rings. The minimum atomic E-state index is -5.08. The number of hydrogen-bond acceptors (Lipinski definition) is 6. The van der Waals surface area contributed by atoms with Crippen molar-refractivity contribution in [1.82, 2.24) is 20.2 Å². The van der Waals surface area contributed by atoms with Crippen molar-refractivity contribution in [3.05, 3.63) is 17.1 Å². The average molecular weight is 389 g/mol. The van der Waals surface area contributed by atoms with Crippen LogP contribution in [0.3, 0.4) is 0 Å². The van der Waals surface area contributed by atoms with E-state index in [-0.39, 0.29) is 11.8 Å². The monoisotopic (exact) mass is 389 g/mol. The van der Waals surface area contributed by atoms with E-state index in [2.05, 4.69) is 15.6 Å². The molecule has 8 nitrogen and oxygen atoms in total. The molecule has 3 N–H and O–H groups in total. The first-order valence-electron chi connectivity index (χ1n) is 8.47. The lowest BCUT2D eigenvalue weighted by molar-refractivity contribution is -0.192. The van der Waals surface area contributed by atoms with Crippen LogP contribution in [-0.4, -0.2) is 64.7 Å². The zero-order chi connectivity index (χ0) is 20.2. The molecule has 1 unspecified atom stereocenters. The molecule has 0 saturated carbocycles. The molecule has 3 heterocycles. The van der Waals surface area contributed by atoms with Crippen LogP contribution in [0.5, 0.6) is 0 Å². The number of rotatable bonds is 2. The smallest absolute Gasteiger partial charge is 0.475 e. The van der Waals surface area contributed by atoms with Gasteiger partial charge in [0.2, 0.25) is 5.91 Å². The molecule has 1 amide bonds. The topological polar surface area (TPSA) is 107 Å². The van der Waals surface area contributed by atoms with Gasteiger partial charge in [0.05, 0.1) is 5.69 Å². The van der Waals surface area contributed by atoms with Crippen molar-refractivity contribution in [2.75, 3.05) is 32.0 Å². The van der Waals surface area contributed by atoms with E-state index in [1.54, 1.807) is 6.92 Å². The van der Waals surface area contributed by atoms with Crippen molar-refractivity contribution < 1.29 is 27.9 Å². The number of carboxylic acids is 1. The Morgan fingerprint density at radius 1 is 1.33 bits per heavy atom. The molecule has 150 valence electrons. The van der Waals surface area contributed by atoms with Crippen LogP contribution in [0.15, 0.2) is 0 Å². The van der Waals surface area contributed by atoms with Gasteiger partial charge in [-0.15, -0.1) is 0 Å². The standard InChI is InChI=1S/C14H21N5O.C2HF3O2/c1-9(20)19-6-4-10(8-19)13-17-12-3-5-16-7-11(12)14(15-2)18-13;3-2(4,5)1(6)7/h10,16H,3-8H2,1-2H3,(H,15,17,18);(H,6,7). The van der Waals surface area contributed by atoms with Crippen LogP contribution in [0.1, 0.15) is 36.3 Å². The summed E-state index contributed by atoms with van der Waals surface area (Å²) in [5.74, 6) is -0.528. The number of carboxylic acid groups (broad SMARTS) is 1. The number of nitrogens with one attached hydrogen (secondary N) is 2. The van der Waals surface area contributed by atoms with E-state index < -0.39 is 12.1 Å². The first-order chi connectivity index (χ1) is 12.6. The van der Waals surface area contributed by atoms with Crippen LogP contribution in [0.4, 0.5) is 19.0 Å². The predicted octanol–water partition coefficient (Wildman–Crippen LogP) is 1.13. The zero-order valence-corrected chi connectivity index (χ0v) is 15.1. The van der Waals surface area contributed by atoms with Crippen LogP contribution in [0.25, 0.3) is 0 Å². The van der Waals surface area contributed by atoms with Crippen molar-refractivity contribution in [3.8, 4) is 0 Å². The highest BCUT2D eigenvalue weighted by Crippen LogP contribution is 2.28. The lowest BCUT2D eigenvalue weighted by Crippen LogP contribution is -2.28. The number of carbonyl (C=O) groups excluding carboxylic acids is 1. The van der Waals surface area contributed by atoms with Gasteiger partial charge in [-0.05, 0) is 6.42 Å². The number of aliphatic carboxylic acids is 1. The Balaban J connectivity index is 0.000000321. The number of aromatic nitrogens is 2. The van der Waals surface area contributed by atoms with Crippen molar-refractivity contribution in [3.63, 3.8) is 0 Å². The van der Waals surface area contributed by atoms with Crippen LogP contribution < -0.4 is 10.6 Å². The highest BCUT2D eigenvalue weighted by molar-refractivity contribution is 5.73. The molecule has 0 radical (unpaired) electrons.